The van der Waals surface area contributed by atoms with Crippen LogP contribution in [0.5, 0.6) is 5.75 Å². The molecule has 10 heteroatoms. The van der Waals surface area contributed by atoms with E-state index in [-0.39, 0.29) is 11.7 Å². The van der Waals surface area contributed by atoms with E-state index in [0.29, 0.717) is 43.0 Å². The van der Waals surface area contributed by atoms with Crippen molar-refractivity contribution < 1.29 is 9.53 Å². The molecule has 27 heavy (non-hydrogen) atoms. The summed E-state index contributed by atoms with van der Waals surface area (Å²) in [5, 5.41) is 11.6. The zero-order valence-corrected chi connectivity index (χ0v) is 17.0. The molecule has 0 saturated carbocycles. The molecule has 0 bridgehead atoms. The number of thioether (sulfide) groups is 1. The predicted octanol–water partition coefficient (Wildman–Crippen LogP) is 5.17. The van der Waals surface area contributed by atoms with Crippen LogP contribution in [0.15, 0.2) is 41.6 Å². The second kappa shape index (κ2) is 8.84. The van der Waals surface area contributed by atoms with Crippen molar-refractivity contribution in [2.75, 3.05) is 18.2 Å². The largest absolute Gasteiger partial charge is 0.495 e. The van der Waals surface area contributed by atoms with Gasteiger partial charge in [-0.3, -0.25) is 9.89 Å². The number of carbonyl (C=O) groups excluding carboxylic acids is 1. The number of aromatic nitrogens is 3. The van der Waals surface area contributed by atoms with E-state index in [4.69, 9.17) is 39.5 Å². The first-order valence-electron chi connectivity index (χ1n) is 7.60. The Balaban J connectivity index is 1.63. The van der Waals surface area contributed by atoms with Crippen LogP contribution in [0.1, 0.15) is 0 Å². The average Bonchev–Trinajstić information content (AvgIpc) is 3.09. The third-order valence-electron chi connectivity index (χ3n) is 3.42. The minimum Gasteiger partial charge on any atom is -0.495 e. The first-order chi connectivity index (χ1) is 13.0. The van der Waals surface area contributed by atoms with Crippen LogP contribution in [-0.4, -0.2) is 34.0 Å². The highest BCUT2D eigenvalue weighted by molar-refractivity contribution is 7.99. The second-order valence-corrected chi connectivity index (χ2v) is 7.49. The maximum atomic E-state index is 12.2. The Kier molecular flexibility index (Phi) is 6.49. The van der Waals surface area contributed by atoms with Gasteiger partial charge in [0.2, 0.25) is 11.1 Å². The number of rotatable bonds is 6. The molecule has 0 aliphatic carbocycles. The van der Waals surface area contributed by atoms with Crippen LogP contribution in [0, 0.1) is 0 Å². The number of aromatic amines is 1. The Hall–Kier alpha value is -1.93. The summed E-state index contributed by atoms with van der Waals surface area (Å²) < 4.78 is 5.20. The van der Waals surface area contributed by atoms with Crippen LogP contribution < -0.4 is 10.1 Å². The quantitative estimate of drug-likeness (QED) is 0.514. The van der Waals surface area contributed by atoms with Gasteiger partial charge in [-0.15, -0.1) is 5.10 Å². The standard InChI is InChI=1S/C17H13Cl3N4O2S/c1-26-14-5-3-10(19)7-13(14)21-15(25)8-27-17-22-16(23-24-17)11-4-2-9(18)6-12(11)20/h2-7H,8H2,1H3,(H,21,25)(H,22,23,24). The number of benzene rings is 2. The van der Waals surface area contributed by atoms with Crippen molar-refractivity contribution in [3.8, 4) is 17.1 Å². The minimum atomic E-state index is -0.239. The minimum absolute atomic E-state index is 0.112. The number of nitrogens with zero attached hydrogens (tertiary/aromatic N) is 2. The maximum absolute atomic E-state index is 12.2. The van der Waals surface area contributed by atoms with Crippen LogP contribution in [0.25, 0.3) is 11.4 Å². The van der Waals surface area contributed by atoms with Crippen molar-refractivity contribution in [3.05, 3.63) is 51.5 Å². The molecule has 1 amide bonds. The Labute approximate surface area is 174 Å². The van der Waals surface area contributed by atoms with E-state index < -0.39 is 0 Å². The highest BCUT2D eigenvalue weighted by Gasteiger charge is 2.13. The number of halogens is 3. The van der Waals surface area contributed by atoms with Gasteiger partial charge in [0, 0.05) is 15.6 Å². The summed E-state index contributed by atoms with van der Waals surface area (Å²) in [6.45, 7) is 0. The fourth-order valence-corrected chi connectivity index (χ4v) is 3.48. The van der Waals surface area contributed by atoms with Crippen molar-refractivity contribution >= 4 is 58.2 Å². The summed E-state index contributed by atoms with van der Waals surface area (Å²) in [5.74, 6) is 0.893. The molecular formula is C17H13Cl3N4O2S. The first kappa shape index (κ1) is 19.8. The van der Waals surface area contributed by atoms with Crippen LogP contribution in [-0.2, 0) is 4.79 Å². The van der Waals surface area contributed by atoms with Gasteiger partial charge in [-0.25, -0.2) is 4.98 Å². The van der Waals surface area contributed by atoms with E-state index in [1.54, 1.807) is 36.4 Å². The number of hydrogen-bond acceptors (Lipinski definition) is 5. The zero-order chi connectivity index (χ0) is 19.4. The highest BCUT2D eigenvalue weighted by Crippen LogP contribution is 2.30. The Morgan fingerprint density at radius 3 is 2.67 bits per heavy atom. The molecule has 0 fully saturated rings. The highest BCUT2D eigenvalue weighted by atomic mass is 35.5. The number of anilines is 1. The van der Waals surface area contributed by atoms with Crippen molar-refractivity contribution in [2.24, 2.45) is 0 Å². The number of H-pyrrole nitrogens is 1. The molecule has 2 aromatic carbocycles. The molecule has 2 N–H and O–H groups in total. The zero-order valence-electron chi connectivity index (χ0n) is 13.9. The molecule has 0 radical (unpaired) electrons. The van der Waals surface area contributed by atoms with E-state index in [9.17, 15) is 4.79 Å². The van der Waals surface area contributed by atoms with Crippen LogP contribution in [0.3, 0.4) is 0 Å². The van der Waals surface area contributed by atoms with Crippen molar-refractivity contribution in [2.45, 2.75) is 5.16 Å². The van der Waals surface area contributed by atoms with Gasteiger partial charge >= 0.3 is 0 Å². The molecule has 0 saturated heterocycles. The summed E-state index contributed by atoms with van der Waals surface area (Å²) in [5.41, 5.74) is 1.17. The van der Waals surface area contributed by atoms with Gasteiger partial charge in [0.25, 0.3) is 0 Å². The smallest absolute Gasteiger partial charge is 0.234 e. The number of nitrogens with one attached hydrogen (secondary N) is 2. The third kappa shape index (κ3) is 5.07. The number of hydrogen-bond donors (Lipinski definition) is 2. The summed E-state index contributed by atoms with van der Waals surface area (Å²) in [6, 6.07) is 10.1. The number of amides is 1. The van der Waals surface area contributed by atoms with E-state index in [0.717, 1.165) is 0 Å². The molecule has 1 heterocycles. The van der Waals surface area contributed by atoms with Crippen LogP contribution in [0.2, 0.25) is 15.1 Å². The molecule has 0 aliphatic heterocycles. The molecule has 140 valence electrons. The molecule has 0 unspecified atom stereocenters. The van der Waals surface area contributed by atoms with Crippen molar-refractivity contribution in [1.82, 2.24) is 15.2 Å². The molecule has 1 aromatic heterocycles. The van der Waals surface area contributed by atoms with E-state index >= 15 is 0 Å². The lowest BCUT2D eigenvalue weighted by atomic mass is 10.2. The van der Waals surface area contributed by atoms with Gasteiger partial charge in [0.05, 0.1) is 23.6 Å². The molecule has 6 nitrogen and oxygen atoms in total. The van der Waals surface area contributed by atoms with Crippen LogP contribution >= 0.6 is 46.6 Å². The third-order valence-corrected chi connectivity index (χ3v) is 5.05. The molecule has 0 spiro atoms. The fraction of sp³-hybridized carbons (Fsp3) is 0.118. The fourth-order valence-electron chi connectivity index (χ4n) is 2.21. The summed E-state index contributed by atoms with van der Waals surface area (Å²) >= 11 is 19.2. The first-order valence-corrected chi connectivity index (χ1v) is 9.72. The van der Waals surface area contributed by atoms with E-state index in [1.165, 1.54) is 18.9 Å². The van der Waals surface area contributed by atoms with Crippen molar-refractivity contribution in [1.29, 1.82) is 0 Å². The summed E-state index contributed by atoms with van der Waals surface area (Å²) in [4.78, 5) is 16.5. The molecule has 3 aromatic rings. The van der Waals surface area contributed by atoms with Gasteiger partial charge in [-0.05, 0) is 36.4 Å². The lowest BCUT2D eigenvalue weighted by Crippen LogP contribution is -2.14. The summed E-state index contributed by atoms with van der Waals surface area (Å²) in [7, 11) is 1.52. The van der Waals surface area contributed by atoms with Gasteiger partial charge < -0.3 is 10.1 Å². The molecule has 3 rings (SSSR count). The topological polar surface area (TPSA) is 79.9 Å². The number of ether oxygens (including phenoxy) is 1. The molecule has 0 aliphatic rings. The Bertz CT molecular complexity index is 981. The number of carbonyl (C=O) groups is 1. The predicted molar refractivity (Wildman–Crippen MR) is 109 cm³/mol. The second-order valence-electron chi connectivity index (χ2n) is 5.27. The average molecular weight is 444 g/mol. The van der Waals surface area contributed by atoms with E-state index in [2.05, 4.69) is 20.5 Å². The van der Waals surface area contributed by atoms with Crippen molar-refractivity contribution in [3.63, 3.8) is 0 Å². The molecular weight excluding hydrogens is 431 g/mol. The maximum Gasteiger partial charge on any atom is 0.234 e. The van der Waals surface area contributed by atoms with Gasteiger partial charge in [0.15, 0.2) is 5.82 Å². The lowest BCUT2D eigenvalue weighted by Gasteiger charge is -2.09. The molecule has 0 atom stereocenters. The van der Waals surface area contributed by atoms with Gasteiger partial charge in [-0.1, -0.05) is 46.6 Å². The van der Waals surface area contributed by atoms with Gasteiger partial charge in [-0.2, -0.15) is 0 Å². The van der Waals surface area contributed by atoms with E-state index in [1.807, 2.05) is 0 Å². The monoisotopic (exact) mass is 442 g/mol. The lowest BCUT2D eigenvalue weighted by molar-refractivity contribution is -0.113. The van der Waals surface area contributed by atoms with Gasteiger partial charge in [0.1, 0.15) is 5.75 Å². The van der Waals surface area contributed by atoms with Crippen LogP contribution in [0.4, 0.5) is 5.69 Å². The Morgan fingerprint density at radius 1 is 1.19 bits per heavy atom. The Morgan fingerprint density at radius 2 is 1.93 bits per heavy atom. The normalized spacial score (nSPS) is 10.7. The number of methoxy groups -OCH3 is 1. The SMILES string of the molecule is COc1ccc(Cl)cc1NC(=O)CSc1n[nH]c(-c2ccc(Cl)cc2Cl)n1. The summed E-state index contributed by atoms with van der Waals surface area (Å²) in [6.07, 6.45) is 0.